The number of benzene rings is 2. The number of fused-ring (bicyclic) bond motifs is 5. The Balaban J connectivity index is 1.33. The van der Waals surface area contributed by atoms with Crippen molar-refractivity contribution < 1.29 is 4.74 Å². The van der Waals surface area contributed by atoms with Gasteiger partial charge in [0.1, 0.15) is 5.75 Å². The van der Waals surface area contributed by atoms with Crippen LogP contribution in [0.4, 0.5) is 0 Å². The molecule has 0 spiro atoms. The molecule has 2 aromatic rings. The summed E-state index contributed by atoms with van der Waals surface area (Å²) < 4.78 is 5.56. The summed E-state index contributed by atoms with van der Waals surface area (Å²) in [5.74, 6) is 3.54. The van der Waals surface area contributed by atoms with E-state index in [2.05, 4.69) is 61.6 Å². The molecule has 0 bridgehead atoms. The summed E-state index contributed by atoms with van der Waals surface area (Å²) >= 11 is 0. The Bertz CT molecular complexity index is 890. The van der Waals surface area contributed by atoms with Crippen molar-refractivity contribution in [3.63, 3.8) is 0 Å². The normalized spacial score (nSPS) is 32.9. The molecular weight excluding hydrogens is 354 g/mol. The predicted molar refractivity (Wildman–Crippen MR) is 119 cm³/mol. The first-order valence-corrected chi connectivity index (χ1v) is 11.5. The van der Waals surface area contributed by atoms with E-state index in [4.69, 9.17) is 4.74 Å². The molecule has 0 saturated heterocycles. The van der Waals surface area contributed by atoms with Crippen LogP contribution >= 0.6 is 0 Å². The van der Waals surface area contributed by atoms with Gasteiger partial charge in [0.15, 0.2) is 0 Å². The van der Waals surface area contributed by atoms with Gasteiger partial charge in [-0.2, -0.15) is 0 Å². The van der Waals surface area contributed by atoms with Crippen molar-refractivity contribution in [2.45, 2.75) is 70.9 Å². The molecule has 3 unspecified atom stereocenters. The molecule has 2 saturated carbocycles. The molecule has 5 rings (SSSR count). The summed E-state index contributed by atoms with van der Waals surface area (Å²) in [4.78, 5) is 0. The van der Waals surface area contributed by atoms with Gasteiger partial charge in [0.25, 0.3) is 0 Å². The number of methoxy groups -OCH3 is 1. The number of hydrogen-bond acceptors (Lipinski definition) is 2. The van der Waals surface area contributed by atoms with E-state index in [1.165, 1.54) is 49.7 Å². The highest BCUT2D eigenvalue weighted by Gasteiger charge is 2.54. The van der Waals surface area contributed by atoms with E-state index in [0.717, 1.165) is 30.0 Å². The highest BCUT2D eigenvalue weighted by molar-refractivity contribution is 5.38. The molecule has 0 amide bonds. The van der Waals surface area contributed by atoms with Gasteiger partial charge in [-0.3, -0.25) is 0 Å². The second kappa shape index (κ2) is 7.47. The summed E-state index contributed by atoms with van der Waals surface area (Å²) in [6.07, 6.45) is 8.10. The fourth-order valence-corrected chi connectivity index (χ4v) is 7.13. The zero-order chi connectivity index (χ0) is 20.0. The van der Waals surface area contributed by atoms with E-state index >= 15 is 0 Å². The minimum Gasteiger partial charge on any atom is -0.496 e. The van der Waals surface area contributed by atoms with Crippen LogP contribution in [0.15, 0.2) is 42.5 Å². The first kappa shape index (κ1) is 19.2. The third-order valence-corrected chi connectivity index (χ3v) is 8.61. The smallest absolute Gasteiger partial charge is 0.123 e. The maximum absolute atomic E-state index is 5.56. The first-order chi connectivity index (χ1) is 14.1. The molecule has 154 valence electrons. The summed E-state index contributed by atoms with van der Waals surface area (Å²) in [7, 11) is 1.77. The number of rotatable bonds is 4. The largest absolute Gasteiger partial charge is 0.496 e. The first-order valence-electron chi connectivity index (χ1n) is 11.5. The fraction of sp³-hybridized carbons (Fsp3) is 0.556. The molecule has 1 N–H and O–H groups in total. The molecule has 2 fully saturated rings. The number of hydrogen-bond donors (Lipinski definition) is 1. The summed E-state index contributed by atoms with van der Waals surface area (Å²) in [6, 6.07) is 16.3. The van der Waals surface area contributed by atoms with Crippen molar-refractivity contribution in [3.05, 3.63) is 64.7 Å². The second-order valence-electron chi connectivity index (χ2n) is 9.98. The Kier molecular flexibility index (Phi) is 4.94. The molecule has 0 heterocycles. The second-order valence-corrected chi connectivity index (χ2v) is 9.98. The fourth-order valence-electron chi connectivity index (χ4n) is 7.13. The lowest BCUT2D eigenvalue weighted by molar-refractivity contribution is 0.0408. The molecule has 2 nitrogen and oxygen atoms in total. The SMILES string of the molecule is COc1ccccc1CN[C@@H]1CCC2C3CCc4cc(C)ccc4C3CC[C@@]21C. The van der Waals surface area contributed by atoms with Crippen molar-refractivity contribution in [1.82, 2.24) is 5.32 Å². The lowest BCUT2D eigenvalue weighted by Crippen LogP contribution is -2.48. The summed E-state index contributed by atoms with van der Waals surface area (Å²) in [5.41, 5.74) is 6.45. The third kappa shape index (κ3) is 3.20. The molecule has 2 aromatic carbocycles. The van der Waals surface area contributed by atoms with Crippen LogP contribution in [0.1, 0.15) is 67.2 Å². The van der Waals surface area contributed by atoms with Gasteiger partial charge in [0.05, 0.1) is 7.11 Å². The minimum atomic E-state index is 0.436. The topological polar surface area (TPSA) is 21.3 Å². The Morgan fingerprint density at radius 3 is 2.79 bits per heavy atom. The number of nitrogens with one attached hydrogen (secondary N) is 1. The number of para-hydroxylation sites is 1. The van der Waals surface area contributed by atoms with Gasteiger partial charge in [-0.1, -0.05) is 48.9 Å². The zero-order valence-corrected chi connectivity index (χ0v) is 18.2. The van der Waals surface area contributed by atoms with Crippen LogP contribution in [0.2, 0.25) is 0 Å². The van der Waals surface area contributed by atoms with Gasteiger partial charge < -0.3 is 10.1 Å². The molecular formula is C27H35NO. The van der Waals surface area contributed by atoms with E-state index in [9.17, 15) is 0 Å². The summed E-state index contributed by atoms with van der Waals surface area (Å²) in [5, 5.41) is 3.95. The molecule has 29 heavy (non-hydrogen) atoms. The van der Waals surface area contributed by atoms with Gasteiger partial charge in [-0.25, -0.2) is 0 Å². The average Bonchev–Trinajstić information content (AvgIpc) is 3.08. The van der Waals surface area contributed by atoms with E-state index in [1.54, 1.807) is 18.2 Å². The molecule has 3 aliphatic carbocycles. The summed E-state index contributed by atoms with van der Waals surface area (Å²) in [6.45, 7) is 5.73. The predicted octanol–water partition coefficient (Wildman–Crippen LogP) is 6.02. The van der Waals surface area contributed by atoms with Gasteiger partial charge >= 0.3 is 0 Å². The van der Waals surface area contributed by atoms with Crippen molar-refractivity contribution in [2.24, 2.45) is 17.3 Å². The molecule has 0 aromatic heterocycles. The van der Waals surface area contributed by atoms with Crippen LogP contribution in [0.3, 0.4) is 0 Å². The van der Waals surface area contributed by atoms with Gasteiger partial charge in [-0.05, 0) is 85.8 Å². The van der Waals surface area contributed by atoms with Crippen LogP contribution in [0, 0.1) is 24.2 Å². The van der Waals surface area contributed by atoms with Crippen molar-refractivity contribution in [3.8, 4) is 5.75 Å². The minimum absolute atomic E-state index is 0.436. The average molecular weight is 390 g/mol. The monoisotopic (exact) mass is 389 g/mol. The zero-order valence-electron chi connectivity index (χ0n) is 18.2. The van der Waals surface area contributed by atoms with Gasteiger partial charge in [0.2, 0.25) is 0 Å². The molecule has 2 heteroatoms. The Hall–Kier alpha value is -1.80. The Morgan fingerprint density at radius 1 is 1.07 bits per heavy atom. The standard InChI is InChI=1S/C27H35NO/c1-18-8-10-21-19(16-18)9-11-23-22(21)14-15-27(2)24(23)12-13-26(27)28-17-20-6-4-5-7-25(20)29-3/h4-8,10,16,22-24,26,28H,9,11-15,17H2,1-3H3/t22?,23?,24?,26-,27+/m1/s1. The maximum atomic E-state index is 5.56. The third-order valence-electron chi connectivity index (χ3n) is 8.61. The quantitative estimate of drug-likeness (QED) is 0.690. The highest BCUT2D eigenvalue weighted by Crippen LogP contribution is 2.60. The van der Waals surface area contributed by atoms with Gasteiger partial charge in [-0.15, -0.1) is 0 Å². The number of aryl methyl sites for hydroxylation is 2. The van der Waals surface area contributed by atoms with Crippen molar-refractivity contribution in [1.29, 1.82) is 0 Å². The van der Waals surface area contributed by atoms with Crippen LogP contribution in [0.5, 0.6) is 5.75 Å². The Labute approximate surface area is 176 Å². The molecule has 3 aliphatic rings. The highest BCUT2D eigenvalue weighted by atomic mass is 16.5. The van der Waals surface area contributed by atoms with Crippen molar-refractivity contribution >= 4 is 0 Å². The molecule has 5 atom stereocenters. The van der Waals surface area contributed by atoms with E-state index in [0.29, 0.717) is 11.5 Å². The lowest BCUT2D eigenvalue weighted by atomic mass is 9.55. The maximum Gasteiger partial charge on any atom is 0.123 e. The van der Waals surface area contributed by atoms with E-state index in [-0.39, 0.29) is 0 Å². The van der Waals surface area contributed by atoms with E-state index in [1.807, 2.05) is 0 Å². The van der Waals surface area contributed by atoms with Crippen LogP contribution in [-0.2, 0) is 13.0 Å². The van der Waals surface area contributed by atoms with Crippen molar-refractivity contribution in [2.75, 3.05) is 7.11 Å². The molecule has 0 aliphatic heterocycles. The van der Waals surface area contributed by atoms with Crippen LogP contribution in [0.25, 0.3) is 0 Å². The van der Waals surface area contributed by atoms with Crippen LogP contribution < -0.4 is 10.1 Å². The molecule has 0 radical (unpaired) electrons. The Morgan fingerprint density at radius 2 is 1.93 bits per heavy atom. The van der Waals surface area contributed by atoms with Crippen LogP contribution in [-0.4, -0.2) is 13.2 Å². The van der Waals surface area contributed by atoms with Gasteiger partial charge in [0, 0.05) is 18.2 Å². The van der Waals surface area contributed by atoms with E-state index < -0.39 is 0 Å². The lowest BCUT2D eigenvalue weighted by Gasteiger charge is -2.51. The number of ether oxygens (including phenoxy) is 1.